The average Bonchev–Trinajstić information content (AvgIpc) is 3.15. The molecule has 1 atom stereocenters. The van der Waals surface area contributed by atoms with E-state index in [4.69, 9.17) is 26.4 Å². The van der Waals surface area contributed by atoms with E-state index in [2.05, 4.69) is 33.2 Å². The van der Waals surface area contributed by atoms with E-state index in [0.29, 0.717) is 22.1 Å². The SMILES string of the molecule is COC(=O)C1=C(C)NC(=S)N[C@@H]1c1cc(I)c(OC2CCCC2)c(OC)c1. The average molecular weight is 502 g/mol. The lowest BCUT2D eigenvalue weighted by Gasteiger charge is -2.30. The molecule has 1 aromatic rings. The van der Waals surface area contributed by atoms with Crippen LogP contribution in [0.3, 0.4) is 0 Å². The summed E-state index contributed by atoms with van der Waals surface area (Å²) in [4.78, 5) is 12.3. The van der Waals surface area contributed by atoms with Crippen molar-refractivity contribution in [1.82, 2.24) is 10.6 Å². The van der Waals surface area contributed by atoms with Crippen molar-refractivity contribution in [1.29, 1.82) is 0 Å². The minimum atomic E-state index is -0.422. The zero-order chi connectivity index (χ0) is 19.6. The molecule has 1 fully saturated rings. The highest BCUT2D eigenvalue weighted by atomic mass is 127. The molecule has 27 heavy (non-hydrogen) atoms. The van der Waals surface area contributed by atoms with Crippen LogP contribution in [0.25, 0.3) is 0 Å². The number of carbonyl (C=O) groups is 1. The van der Waals surface area contributed by atoms with Gasteiger partial charge in [0.1, 0.15) is 0 Å². The number of thiocarbonyl (C=S) groups is 1. The predicted molar refractivity (Wildman–Crippen MR) is 115 cm³/mol. The summed E-state index contributed by atoms with van der Waals surface area (Å²) in [6.07, 6.45) is 4.77. The largest absolute Gasteiger partial charge is 0.493 e. The molecule has 1 aromatic carbocycles. The number of halogens is 1. The second kappa shape index (κ2) is 8.64. The molecule has 3 rings (SSSR count). The normalized spacial score (nSPS) is 20.1. The van der Waals surface area contributed by atoms with Gasteiger partial charge in [0.15, 0.2) is 16.6 Å². The monoisotopic (exact) mass is 502 g/mol. The third-order valence-corrected chi connectivity index (χ3v) is 5.87. The van der Waals surface area contributed by atoms with Crippen molar-refractivity contribution in [3.8, 4) is 11.5 Å². The highest BCUT2D eigenvalue weighted by Crippen LogP contribution is 2.40. The standard InChI is InChI=1S/C19H23IN2O4S/c1-10-15(18(23)25-3)16(22-19(27)21-10)11-8-13(20)17(14(9-11)24-2)26-12-6-4-5-7-12/h8-9,12,16H,4-7H2,1-3H3,(H2,21,22,27)/t16-/m1/s1. The van der Waals surface area contributed by atoms with Crippen LogP contribution in [0.2, 0.25) is 0 Å². The van der Waals surface area contributed by atoms with E-state index in [1.807, 2.05) is 19.1 Å². The number of hydrogen-bond acceptors (Lipinski definition) is 5. The first-order valence-corrected chi connectivity index (χ1v) is 10.3. The van der Waals surface area contributed by atoms with E-state index in [1.54, 1.807) is 7.11 Å². The van der Waals surface area contributed by atoms with Gasteiger partial charge in [-0.3, -0.25) is 0 Å². The van der Waals surface area contributed by atoms with Crippen LogP contribution in [-0.4, -0.2) is 31.4 Å². The van der Waals surface area contributed by atoms with Gasteiger partial charge in [0.25, 0.3) is 0 Å². The molecule has 0 spiro atoms. The topological polar surface area (TPSA) is 68.8 Å². The first-order chi connectivity index (χ1) is 12.9. The second-order valence-electron chi connectivity index (χ2n) is 6.62. The van der Waals surface area contributed by atoms with Gasteiger partial charge in [-0.2, -0.15) is 0 Å². The van der Waals surface area contributed by atoms with Crippen LogP contribution in [0, 0.1) is 3.57 Å². The van der Waals surface area contributed by atoms with Crippen molar-refractivity contribution >= 4 is 45.9 Å². The number of esters is 1. The Balaban J connectivity index is 2.00. The molecule has 8 heteroatoms. The molecule has 0 aromatic heterocycles. The summed E-state index contributed by atoms with van der Waals surface area (Å²) in [6.45, 7) is 1.81. The van der Waals surface area contributed by atoms with Crippen LogP contribution < -0.4 is 20.1 Å². The molecule has 1 aliphatic carbocycles. The molecule has 1 heterocycles. The first kappa shape index (κ1) is 20.2. The van der Waals surface area contributed by atoms with Crippen molar-refractivity contribution in [2.75, 3.05) is 14.2 Å². The maximum atomic E-state index is 12.3. The van der Waals surface area contributed by atoms with E-state index in [1.165, 1.54) is 20.0 Å². The molecule has 2 N–H and O–H groups in total. The number of carbonyl (C=O) groups excluding carboxylic acids is 1. The van der Waals surface area contributed by atoms with Gasteiger partial charge in [-0.25, -0.2) is 4.79 Å². The van der Waals surface area contributed by atoms with Gasteiger partial charge in [0.05, 0.1) is 35.5 Å². The maximum absolute atomic E-state index is 12.3. The summed E-state index contributed by atoms with van der Waals surface area (Å²) in [5.74, 6) is 1.00. The summed E-state index contributed by atoms with van der Waals surface area (Å²) in [5, 5.41) is 6.61. The van der Waals surface area contributed by atoms with Crippen molar-refractivity contribution in [3.63, 3.8) is 0 Å². The van der Waals surface area contributed by atoms with Crippen molar-refractivity contribution in [3.05, 3.63) is 32.5 Å². The van der Waals surface area contributed by atoms with Crippen LogP contribution in [0.5, 0.6) is 11.5 Å². The number of allylic oxidation sites excluding steroid dienone is 1. The van der Waals surface area contributed by atoms with Crippen molar-refractivity contribution < 1.29 is 19.0 Å². The number of benzene rings is 1. The Hall–Kier alpha value is -1.55. The molecule has 0 saturated heterocycles. The molecule has 2 aliphatic rings. The van der Waals surface area contributed by atoms with Crippen LogP contribution in [0.15, 0.2) is 23.4 Å². The summed E-state index contributed by atoms with van der Waals surface area (Å²) >= 11 is 7.53. The summed E-state index contributed by atoms with van der Waals surface area (Å²) < 4.78 is 17.7. The van der Waals surface area contributed by atoms with Crippen LogP contribution >= 0.6 is 34.8 Å². The van der Waals surface area contributed by atoms with Gasteiger partial charge in [-0.1, -0.05) is 0 Å². The maximum Gasteiger partial charge on any atom is 0.337 e. The fourth-order valence-electron chi connectivity index (χ4n) is 3.52. The fraction of sp³-hybridized carbons (Fsp3) is 0.474. The van der Waals surface area contributed by atoms with Crippen LogP contribution in [0.1, 0.15) is 44.2 Å². The molecule has 1 saturated carbocycles. The number of nitrogens with one attached hydrogen (secondary N) is 2. The van der Waals surface area contributed by atoms with Gasteiger partial charge in [0, 0.05) is 5.70 Å². The third-order valence-electron chi connectivity index (χ3n) is 4.85. The Labute approximate surface area is 178 Å². The molecule has 6 nitrogen and oxygen atoms in total. The molecular weight excluding hydrogens is 479 g/mol. The lowest BCUT2D eigenvalue weighted by molar-refractivity contribution is -0.136. The fourth-order valence-corrected chi connectivity index (χ4v) is 4.54. The Kier molecular flexibility index (Phi) is 6.46. The van der Waals surface area contributed by atoms with Gasteiger partial charge >= 0.3 is 5.97 Å². The van der Waals surface area contributed by atoms with Crippen molar-refractivity contribution in [2.45, 2.75) is 44.8 Å². The molecule has 1 aliphatic heterocycles. The van der Waals surface area contributed by atoms with E-state index in [9.17, 15) is 4.79 Å². The highest BCUT2D eigenvalue weighted by Gasteiger charge is 2.32. The summed E-state index contributed by atoms with van der Waals surface area (Å²) in [7, 11) is 3.00. The summed E-state index contributed by atoms with van der Waals surface area (Å²) in [5.41, 5.74) is 2.03. The Morgan fingerprint density at radius 2 is 1.96 bits per heavy atom. The van der Waals surface area contributed by atoms with Crippen LogP contribution in [0.4, 0.5) is 0 Å². The van der Waals surface area contributed by atoms with Crippen molar-refractivity contribution in [2.24, 2.45) is 0 Å². The smallest absolute Gasteiger partial charge is 0.337 e. The molecule has 0 amide bonds. The Bertz CT molecular complexity index is 790. The van der Waals surface area contributed by atoms with Crippen LogP contribution in [-0.2, 0) is 9.53 Å². The summed E-state index contributed by atoms with van der Waals surface area (Å²) in [6, 6.07) is 3.47. The Morgan fingerprint density at radius 1 is 1.26 bits per heavy atom. The molecule has 0 unspecified atom stereocenters. The van der Waals surface area contributed by atoms with Gasteiger partial charge in [-0.15, -0.1) is 0 Å². The van der Waals surface area contributed by atoms with E-state index < -0.39 is 12.0 Å². The number of rotatable bonds is 5. The zero-order valence-corrected chi connectivity index (χ0v) is 18.5. The first-order valence-electron chi connectivity index (χ1n) is 8.85. The highest BCUT2D eigenvalue weighted by molar-refractivity contribution is 14.1. The Morgan fingerprint density at radius 3 is 2.59 bits per heavy atom. The number of methoxy groups -OCH3 is 2. The lowest BCUT2D eigenvalue weighted by atomic mass is 9.95. The van der Waals surface area contributed by atoms with E-state index >= 15 is 0 Å². The quantitative estimate of drug-likeness (QED) is 0.363. The predicted octanol–water partition coefficient (Wildman–Crippen LogP) is 3.59. The second-order valence-corrected chi connectivity index (χ2v) is 8.19. The molecule has 146 valence electrons. The minimum absolute atomic E-state index is 0.232. The minimum Gasteiger partial charge on any atom is -0.493 e. The number of ether oxygens (including phenoxy) is 3. The van der Waals surface area contributed by atoms with Gasteiger partial charge < -0.3 is 24.8 Å². The van der Waals surface area contributed by atoms with Gasteiger partial charge in [0.2, 0.25) is 0 Å². The third kappa shape index (κ3) is 4.31. The molecule has 0 bridgehead atoms. The lowest BCUT2D eigenvalue weighted by Crippen LogP contribution is -2.45. The van der Waals surface area contributed by atoms with E-state index in [-0.39, 0.29) is 6.10 Å². The van der Waals surface area contributed by atoms with Gasteiger partial charge in [-0.05, 0) is 85.1 Å². The molecular formula is C19H23IN2O4S. The number of hydrogen-bond donors (Lipinski definition) is 2. The van der Waals surface area contributed by atoms with E-state index in [0.717, 1.165) is 27.7 Å². The zero-order valence-electron chi connectivity index (χ0n) is 15.6. The molecule has 0 radical (unpaired) electrons.